The Hall–Kier alpha value is -3.04. The molecule has 0 atom stereocenters. The van der Waals surface area contributed by atoms with E-state index in [4.69, 9.17) is 0 Å². The van der Waals surface area contributed by atoms with Crippen molar-refractivity contribution >= 4 is 23.2 Å². The molecule has 2 N–H and O–H groups in total. The number of halogens is 6. The number of hydrogen-bond acceptors (Lipinski definition) is 2. The van der Waals surface area contributed by atoms with Crippen molar-refractivity contribution in [3.05, 3.63) is 47.5 Å². The van der Waals surface area contributed by atoms with Gasteiger partial charge in [0.15, 0.2) is 0 Å². The molecule has 0 bridgehead atoms. The summed E-state index contributed by atoms with van der Waals surface area (Å²) in [7, 11) is 0. The van der Waals surface area contributed by atoms with Gasteiger partial charge in [-0.2, -0.15) is 26.3 Å². The van der Waals surface area contributed by atoms with Crippen LogP contribution >= 0.6 is 0 Å². The average molecular weight is 432 g/mol. The van der Waals surface area contributed by atoms with Crippen molar-refractivity contribution in [1.29, 1.82) is 0 Å². The van der Waals surface area contributed by atoms with E-state index < -0.39 is 37.0 Å². The molecule has 2 rings (SSSR count). The molecule has 2 aromatic rings. The number of alkyl halides is 6. The highest BCUT2D eigenvalue weighted by Crippen LogP contribution is 2.39. The standard InChI is InChI=1S/C20H18F6N2O2/c1-11-5-3-7-13(27-15(29)9-19(21,22)23)17(11)18-12(2)6-4-8-14(18)28-16(30)10-20(24,25)26/h3-8H,9-10H2,1-2H3,(H,27,29)(H,28,30). The van der Waals surface area contributed by atoms with E-state index in [1.807, 2.05) is 0 Å². The summed E-state index contributed by atoms with van der Waals surface area (Å²) < 4.78 is 75.1. The van der Waals surface area contributed by atoms with E-state index in [9.17, 15) is 35.9 Å². The lowest BCUT2D eigenvalue weighted by atomic mass is 9.93. The van der Waals surface area contributed by atoms with Gasteiger partial charge in [0.1, 0.15) is 12.8 Å². The third-order valence-corrected chi connectivity index (χ3v) is 4.07. The molecule has 0 aliphatic carbocycles. The van der Waals surface area contributed by atoms with Crippen LogP contribution in [0.5, 0.6) is 0 Å². The summed E-state index contributed by atoms with van der Waals surface area (Å²) in [5, 5.41) is 4.40. The summed E-state index contributed by atoms with van der Waals surface area (Å²) in [6.45, 7) is 3.25. The molecule has 2 aromatic carbocycles. The first kappa shape index (κ1) is 23.2. The molecule has 0 aliphatic heterocycles. The lowest BCUT2D eigenvalue weighted by molar-refractivity contribution is -0.151. The number of carbonyl (C=O) groups is 2. The predicted molar refractivity (Wildman–Crippen MR) is 100.0 cm³/mol. The molecule has 0 saturated carbocycles. The van der Waals surface area contributed by atoms with Gasteiger partial charge in [0.2, 0.25) is 11.8 Å². The molecule has 0 radical (unpaired) electrons. The van der Waals surface area contributed by atoms with E-state index in [-0.39, 0.29) is 11.4 Å². The van der Waals surface area contributed by atoms with Gasteiger partial charge in [-0.05, 0) is 37.1 Å². The van der Waals surface area contributed by atoms with Gasteiger partial charge < -0.3 is 10.6 Å². The minimum absolute atomic E-state index is 0.0462. The number of benzene rings is 2. The Morgan fingerprint density at radius 2 is 1.03 bits per heavy atom. The van der Waals surface area contributed by atoms with E-state index >= 15 is 0 Å². The van der Waals surface area contributed by atoms with E-state index in [0.29, 0.717) is 22.3 Å². The Balaban J connectivity index is 2.49. The summed E-state index contributed by atoms with van der Waals surface area (Å²) in [5.74, 6) is -2.57. The molecule has 0 unspecified atom stereocenters. The molecule has 4 nitrogen and oxygen atoms in total. The van der Waals surface area contributed by atoms with Gasteiger partial charge in [-0.1, -0.05) is 24.3 Å². The fourth-order valence-corrected chi connectivity index (χ4v) is 2.96. The molecule has 0 aromatic heterocycles. The molecule has 0 spiro atoms. The molecule has 0 fully saturated rings. The largest absolute Gasteiger partial charge is 0.397 e. The maximum Gasteiger partial charge on any atom is 0.397 e. The molecule has 162 valence electrons. The second kappa shape index (κ2) is 8.76. The lowest BCUT2D eigenvalue weighted by Crippen LogP contribution is -2.22. The van der Waals surface area contributed by atoms with Crippen molar-refractivity contribution in [2.45, 2.75) is 39.0 Å². The third-order valence-electron chi connectivity index (χ3n) is 4.07. The van der Waals surface area contributed by atoms with Crippen molar-refractivity contribution in [3.63, 3.8) is 0 Å². The van der Waals surface area contributed by atoms with Crippen LogP contribution in [0.1, 0.15) is 24.0 Å². The Kier molecular flexibility index (Phi) is 6.79. The van der Waals surface area contributed by atoms with E-state index in [1.165, 1.54) is 24.3 Å². The number of rotatable bonds is 5. The third kappa shape index (κ3) is 6.50. The van der Waals surface area contributed by atoms with Crippen LogP contribution in [0.4, 0.5) is 37.7 Å². The predicted octanol–water partition coefficient (Wildman–Crippen LogP) is 5.75. The first-order valence-corrected chi connectivity index (χ1v) is 8.69. The molecule has 10 heteroatoms. The van der Waals surface area contributed by atoms with Crippen molar-refractivity contribution in [2.75, 3.05) is 10.6 Å². The van der Waals surface area contributed by atoms with E-state index in [2.05, 4.69) is 10.6 Å². The van der Waals surface area contributed by atoms with Gasteiger partial charge in [0, 0.05) is 22.5 Å². The molecular weight excluding hydrogens is 414 g/mol. The van der Waals surface area contributed by atoms with Crippen LogP contribution in [0, 0.1) is 13.8 Å². The van der Waals surface area contributed by atoms with Crippen LogP contribution in [0.2, 0.25) is 0 Å². The summed E-state index contributed by atoms with van der Waals surface area (Å²) in [4.78, 5) is 23.6. The van der Waals surface area contributed by atoms with Crippen molar-refractivity contribution < 1.29 is 35.9 Å². The van der Waals surface area contributed by atoms with Crippen LogP contribution in [-0.2, 0) is 9.59 Å². The fourth-order valence-electron chi connectivity index (χ4n) is 2.96. The zero-order chi connectivity index (χ0) is 22.7. The maximum atomic E-state index is 12.5. The molecule has 0 aliphatic rings. The summed E-state index contributed by atoms with van der Waals surface area (Å²) in [6.07, 6.45) is -12.8. The highest BCUT2D eigenvalue weighted by molar-refractivity contribution is 6.02. The molecule has 0 saturated heterocycles. The molecular formula is C20H18F6N2O2. The second-order valence-corrected chi connectivity index (χ2v) is 6.68. The zero-order valence-corrected chi connectivity index (χ0v) is 16.0. The van der Waals surface area contributed by atoms with Gasteiger partial charge in [-0.3, -0.25) is 9.59 Å². The first-order chi connectivity index (χ1) is 13.8. The molecule has 2 amide bonds. The number of amides is 2. The number of aryl methyl sites for hydroxylation is 2. The Morgan fingerprint density at radius 1 is 0.700 bits per heavy atom. The van der Waals surface area contributed by atoms with Crippen molar-refractivity contribution in [1.82, 2.24) is 0 Å². The van der Waals surface area contributed by atoms with Crippen LogP contribution in [0.25, 0.3) is 11.1 Å². The highest BCUT2D eigenvalue weighted by atomic mass is 19.4. The SMILES string of the molecule is Cc1cccc(NC(=O)CC(F)(F)F)c1-c1c(C)cccc1NC(=O)CC(F)(F)F. The smallest absolute Gasteiger partial charge is 0.325 e. The highest BCUT2D eigenvalue weighted by Gasteiger charge is 2.33. The quantitative estimate of drug-likeness (QED) is 0.591. The van der Waals surface area contributed by atoms with Gasteiger partial charge in [-0.25, -0.2) is 0 Å². The normalized spacial score (nSPS) is 11.9. The summed E-state index contributed by atoms with van der Waals surface area (Å²) in [6, 6.07) is 9.05. The number of hydrogen-bond donors (Lipinski definition) is 2. The average Bonchev–Trinajstić information content (AvgIpc) is 2.53. The molecule has 30 heavy (non-hydrogen) atoms. The summed E-state index contributed by atoms with van der Waals surface area (Å²) >= 11 is 0. The Labute approximate surface area is 168 Å². The zero-order valence-electron chi connectivity index (χ0n) is 16.0. The van der Waals surface area contributed by atoms with Gasteiger partial charge in [0.05, 0.1) is 0 Å². The topological polar surface area (TPSA) is 58.2 Å². The van der Waals surface area contributed by atoms with Gasteiger partial charge in [-0.15, -0.1) is 0 Å². The van der Waals surface area contributed by atoms with Crippen LogP contribution in [0.15, 0.2) is 36.4 Å². The minimum Gasteiger partial charge on any atom is -0.325 e. The van der Waals surface area contributed by atoms with Crippen LogP contribution in [0.3, 0.4) is 0 Å². The van der Waals surface area contributed by atoms with Crippen LogP contribution in [-0.4, -0.2) is 24.2 Å². The van der Waals surface area contributed by atoms with Gasteiger partial charge in [0.25, 0.3) is 0 Å². The number of carbonyl (C=O) groups excluding carboxylic acids is 2. The monoisotopic (exact) mass is 432 g/mol. The van der Waals surface area contributed by atoms with E-state index in [1.54, 1.807) is 26.0 Å². The molecule has 0 heterocycles. The van der Waals surface area contributed by atoms with Crippen LogP contribution < -0.4 is 10.6 Å². The number of anilines is 2. The Bertz CT molecular complexity index is 874. The summed E-state index contributed by atoms with van der Waals surface area (Å²) in [5.41, 5.74) is 1.78. The van der Waals surface area contributed by atoms with E-state index in [0.717, 1.165) is 0 Å². The number of nitrogens with one attached hydrogen (secondary N) is 2. The van der Waals surface area contributed by atoms with Crippen molar-refractivity contribution in [2.24, 2.45) is 0 Å². The Morgan fingerprint density at radius 3 is 1.33 bits per heavy atom. The maximum absolute atomic E-state index is 12.5. The lowest BCUT2D eigenvalue weighted by Gasteiger charge is -2.20. The second-order valence-electron chi connectivity index (χ2n) is 6.68. The minimum atomic E-state index is -4.70. The first-order valence-electron chi connectivity index (χ1n) is 8.69. The fraction of sp³-hybridized carbons (Fsp3) is 0.300. The van der Waals surface area contributed by atoms with Gasteiger partial charge >= 0.3 is 12.4 Å². The van der Waals surface area contributed by atoms with Crippen molar-refractivity contribution in [3.8, 4) is 11.1 Å².